The van der Waals surface area contributed by atoms with Gasteiger partial charge in [0.1, 0.15) is 5.82 Å². The van der Waals surface area contributed by atoms with Gasteiger partial charge in [-0.05, 0) is 43.9 Å². The SMILES string of the molecule is CC(O)CCCN1CCc2ccc(F)cc21. The molecule has 88 valence electrons. The molecule has 1 heterocycles. The maximum Gasteiger partial charge on any atom is 0.125 e. The Bertz CT molecular complexity index is 365. The van der Waals surface area contributed by atoms with Crippen LogP contribution in [0.1, 0.15) is 25.3 Å². The van der Waals surface area contributed by atoms with Gasteiger partial charge < -0.3 is 10.0 Å². The van der Waals surface area contributed by atoms with Crippen molar-refractivity contribution in [2.75, 3.05) is 18.0 Å². The molecule has 0 spiro atoms. The van der Waals surface area contributed by atoms with E-state index in [0.717, 1.165) is 38.0 Å². The predicted octanol–water partition coefficient (Wildman–Crippen LogP) is 2.35. The zero-order valence-corrected chi connectivity index (χ0v) is 9.62. The van der Waals surface area contributed by atoms with E-state index in [4.69, 9.17) is 0 Å². The molecule has 0 aromatic heterocycles. The fourth-order valence-corrected chi connectivity index (χ4v) is 2.23. The van der Waals surface area contributed by atoms with Gasteiger partial charge in [-0.15, -0.1) is 0 Å². The summed E-state index contributed by atoms with van der Waals surface area (Å²) in [5.41, 5.74) is 2.27. The van der Waals surface area contributed by atoms with Gasteiger partial charge in [0.15, 0.2) is 0 Å². The number of rotatable bonds is 4. The minimum atomic E-state index is -0.241. The summed E-state index contributed by atoms with van der Waals surface area (Å²) in [5.74, 6) is -0.166. The topological polar surface area (TPSA) is 23.5 Å². The Morgan fingerprint density at radius 2 is 2.31 bits per heavy atom. The third-order valence-corrected chi connectivity index (χ3v) is 3.09. The highest BCUT2D eigenvalue weighted by Gasteiger charge is 2.18. The lowest BCUT2D eigenvalue weighted by Crippen LogP contribution is -2.22. The van der Waals surface area contributed by atoms with Crippen LogP contribution < -0.4 is 4.90 Å². The largest absolute Gasteiger partial charge is 0.393 e. The van der Waals surface area contributed by atoms with E-state index in [0.29, 0.717) is 0 Å². The molecule has 0 saturated carbocycles. The van der Waals surface area contributed by atoms with Gasteiger partial charge in [0, 0.05) is 18.8 Å². The van der Waals surface area contributed by atoms with Gasteiger partial charge in [0.25, 0.3) is 0 Å². The number of benzene rings is 1. The Labute approximate surface area is 95.7 Å². The van der Waals surface area contributed by atoms with Crippen molar-refractivity contribution in [3.8, 4) is 0 Å². The molecule has 1 N–H and O–H groups in total. The van der Waals surface area contributed by atoms with Crippen LogP contribution in [-0.2, 0) is 6.42 Å². The van der Waals surface area contributed by atoms with E-state index in [2.05, 4.69) is 4.90 Å². The van der Waals surface area contributed by atoms with Gasteiger partial charge in [0.05, 0.1) is 6.10 Å². The van der Waals surface area contributed by atoms with Crippen LogP contribution in [0.15, 0.2) is 18.2 Å². The highest BCUT2D eigenvalue weighted by molar-refractivity contribution is 5.57. The Balaban J connectivity index is 1.97. The molecule has 1 aromatic carbocycles. The van der Waals surface area contributed by atoms with Crippen molar-refractivity contribution in [1.82, 2.24) is 0 Å². The maximum absolute atomic E-state index is 13.1. The fourth-order valence-electron chi connectivity index (χ4n) is 2.23. The zero-order valence-electron chi connectivity index (χ0n) is 9.62. The number of halogens is 1. The van der Waals surface area contributed by atoms with Gasteiger partial charge >= 0.3 is 0 Å². The van der Waals surface area contributed by atoms with E-state index in [1.807, 2.05) is 6.07 Å². The summed E-state index contributed by atoms with van der Waals surface area (Å²) in [7, 11) is 0. The molecule has 0 fully saturated rings. The summed E-state index contributed by atoms with van der Waals surface area (Å²) < 4.78 is 13.1. The van der Waals surface area contributed by atoms with Gasteiger partial charge in [-0.25, -0.2) is 4.39 Å². The van der Waals surface area contributed by atoms with Crippen molar-refractivity contribution in [2.45, 2.75) is 32.3 Å². The number of nitrogens with zero attached hydrogens (tertiary/aromatic N) is 1. The normalized spacial score (nSPS) is 16.3. The molecule has 0 bridgehead atoms. The number of hydrogen-bond acceptors (Lipinski definition) is 2. The quantitative estimate of drug-likeness (QED) is 0.847. The van der Waals surface area contributed by atoms with E-state index in [9.17, 15) is 9.50 Å². The van der Waals surface area contributed by atoms with Gasteiger partial charge in [0.2, 0.25) is 0 Å². The Morgan fingerprint density at radius 1 is 1.50 bits per heavy atom. The van der Waals surface area contributed by atoms with Crippen LogP contribution in [0.25, 0.3) is 0 Å². The first-order chi connectivity index (χ1) is 7.66. The monoisotopic (exact) mass is 223 g/mol. The van der Waals surface area contributed by atoms with Crippen molar-refractivity contribution in [3.63, 3.8) is 0 Å². The third-order valence-electron chi connectivity index (χ3n) is 3.09. The molecule has 2 rings (SSSR count). The maximum atomic E-state index is 13.1. The zero-order chi connectivity index (χ0) is 11.5. The van der Waals surface area contributed by atoms with Crippen molar-refractivity contribution >= 4 is 5.69 Å². The first-order valence-electron chi connectivity index (χ1n) is 5.88. The molecule has 16 heavy (non-hydrogen) atoms. The van der Waals surface area contributed by atoms with Crippen LogP contribution in [0.4, 0.5) is 10.1 Å². The molecule has 0 aliphatic carbocycles. The Morgan fingerprint density at radius 3 is 3.06 bits per heavy atom. The molecule has 1 aliphatic heterocycles. The summed E-state index contributed by atoms with van der Waals surface area (Å²) in [5, 5.41) is 9.19. The second kappa shape index (κ2) is 4.83. The first kappa shape index (κ1) is 11.4. The third kappa shape index (κ3) is 2.53. The van der Waals surface area contributed by atoms with Gasteiger partial charge in [-0.1, -0.05) is 6.07 Å². The van der Waals surface area contributed by atoms with Crippen molar-refractivity contribution < 1.29 is 9.50 Å². The van der Waals surface area contributed by atoms with Crippen LogP contribution in [0.2, 0.25) is 0 Å². The van der Waals surface area contributed by atoms with E-state index in [1.54, 1.807) is 13.0 Å². The average Bonchev–Trinajstić information content (AvgIpc) is 2.60. The molecule has 1 atom stereocenters. The van der Waals surface area contributed by atoms with E-state index in [1.165, 1.54) is 11.6 Å². The standard InChI is InChI=1S/C13H18FNO/c1-10(16)3-2-7-15-8-6-11-4-5-12(14)9-13(11)15/h4-5,9-10,16H,2-3,6-8H2,1H3. The second-order valence-electron chi connectivity index (χ2n) is 4.50. The number of fused-ring (bicyclic) bond motifs is 1. The van der Waals surface area contributed by atoms with Crippen LogP contribution in [0.5, 0.6) is 0 Å². The molecular formula is C13H18FNO. The van der Waals surface area contributed by atoms with Crippen molar-refractivity contribution in [3.05, 3.63) is 29.6 Å². The average molecular weight is 223 g/mol. The van der Waals surface area contributed by atoms with Crippen LogP contribution in [0.3, 0.4) is 0 Å². The van der Waals surface area contributed by atoms with Crippen LogP contribution in [0, 0.1) is 5.82 Å². The van der Waals surface area contributed by atoms with E-state index >= 15 is 0 Å². The molecule has 0 radical (unpaired) electrons. The molecule has 2 nitrogen and oxygen atoms in total. The van der Waals surface area contributed by atoms with Crippen molar-refractivity contribution in [2.24, 2.45) is 0 Å². The molecule has 1 aromatic rings. The summed E-state index contributed by atoms with van der Waals surface area (Å²) in [6.45, 7) is 3.68. The first-order valence-corrected chi connectivity index (χ1v) is 5.88. The highest BCUT2D eigenvalue weighted by atomic mass is 19.1. The minimum absolute atomic E-state index is 0.166. The Kier molecular flexibility index (Phi) is 3.44. The highest BCUT2D eigenvalue weighted by Crippen LogP contribution is 2.28. The van der Waals surface area contributed by atoms with E-state index < -0.39 is 0 Å². The summed E-state index contributed by atoms with van der Waals surface area (Å²) >= 11 is 0. The summed E-state index contributed by atoms with van der Waals surface area (Å²) in [4.78, 5) is 2.21. The fraction of sp³-hybridized carbons (Fsp3) is 0.538. The number of aliphatic hydroxyl groups is 1. The Hall–Kier alpha value is -1.09. The second-order valence-corrected chi connectivity index (χ2v) is 4.50. The molecule has 1 unspecified atom stereocenters. The summed E-state index contributed by atoms with van der Waals surface area (Å²) in [6.07, 6.45) is 2.52. The predicted molar refractivity (Wildman–Crippen MR) is 63.2 cm³/mol. The lowest BCUT2D eigenvalue weighted by atomic mass is 10.1. The van der Waals surface area contributed by atoms with Gasteiger partial charge in [-0.3, -0.25) is 0 Å². The molecule has 1 aliphatic rings. The molecule has 3 heteroatoms. The van der Waals surface area contributed by atoms with Crippen LogP contribution in [-0.4, -0.2) is 24.3 Å². The van der Waals surface area contributed by atoms with E-state index in [-0.39, 0.29) is 11.9 Å². The lowest BCUT2D eigenvalue weighted by Gasteiger charge is -2.19. The summed E-state index contributed by atoms with van der Waals surface area (Å²) in [6, 6.07) is 5.02. The number of hydrogen-bond donors (Lipinski definition) is 1. The van der Waals surface area contributed by atoms with Crippen molar-refractivity contribution in [1.29, 1.82) is 0 Å². The smallest absolute Gasteiger partial charge is 0.125 e. The lowest BCUT2D eigenvalue weighted by molar-refractivity contribution is 0.182. The van der Waals surface area contributed by atoms with Gasteiger partial charge in [-0.2, -0.15) is 0 Å². The van der Waals surface area contributed by atoms with Crippen LogP contribution >= 0.6 is 0 Å². The minimum Gasteiger partial charge on any atom is -0.393 e. The molecule has 0 amide bonds. The molecular weight excluding hydrogens is 205 g/mol. The number of anilines is 1. The molecule has 0 saturated heterocycles. The number of aliphatic hydroxyl groups excluding tert-OH is 1.